The second kappa shape index (κ2) is 12.2. The summed E-state index contributed by atoms with van der Waals surface area (Å²) in [5, 5.41) is 12.2. The lowest BCUT2D eigenvalue weighted by molar-refractivity contribution is 0.0799. The predicted molar refractivity (Wildman–Crippen MR) is 111 cm³/mol. The molecule has 2 N–H and O–H groups in total. The van der Waals surface area contributed by atoms with Crippen molar-refractivity contribution in [3.05, 3.63) is 72.5 Å². The maximum absolute atomic E-state index is 9.27. The van der Waals surface area contributed by atoms with Crippen molar-refractivity contribution < 1.29 is 14.0 Å². The number of ether oxygens (including phenoxy) is 1. The van der Waals surface area contributed by atoms with Gasteiger partial charge in [-0.3, -0.25) is 0 Å². The Bertz CT molecular complexity index is 584. The molecule has 0 amide bonds. The molecule has 0 bridgehead atoms. The zero-order valence-electron chi connectivity index (χ0n) is 13.6. The molecule has 130 valence electrons. The first-order valence-corrected chi connectivity index (χ1v) is 10.6. The Hall–Kier alpha value is -1.22. The fourth-order valence-electron chi connectivity index (χ4n) is 1.63. The summed E-state index contributed by atoms with van der Waals surface area (Å²) in [7, 11) is 3.04. The van der Waals surface area contributed by atoms with Gasteiger partial charge in [0.05, 0.1) is 15.8 Å². The molecule has 0 aliphatic heterocycles. The summed E-state index contributed by atoms with van der Waals surface area (Å²) in [6.45, 7) is 8.01. The number of hydrogen-bond donors (Lipinski definition) is 2. The van der Waals surface area contributed by atoms with Crippen molar-refractivity contribution in [2.45, 2.75) is 6.10 Å². The normalized spacial score (nSPS) is 12.5. The third kappa shape index (κ3) is 8.58. The van der Waals surface area contributed by atoms with Crippen LogP contribution < -0.4 is 10.1 Å². The number of likely N-dealkylation sites (N-methyl/N-ethyl adjacent to an activating group) is 1. The van der Waals surface area contributed by atoms with Crippen molar-refractivity contribution >= 4 is 36.5 Å². The molecule has 0 aliphatic rings. The summed E-state index contributed by atoms with van der Waals surface area (Å²) in [6, 6.07) is 7.61. The number of halogens is 1. The molecule has 0 fully saturated rings. The van der Waals surface area contributed by atoms with Crippen LogP contribution in [-0.2, 0) is 4.18 Å². The van der Waals surface area contributed by atoms with Gasteiger partial charge < -0.3 is 19.3 Å². The molecule has 0 heterocycles. The molecular weight excluding hydrogens is 437 g/mol. The van der Waals surface area contributed by atoms with Crippen molar-refractivity contribution in [3.63, 3.8) is 0 Å². The molecule has 1 rings (SSSR count). The largest absolute Gasteiger partial charge is 0.486 e. The summed E-state index contributed by atoms with van der Waals surface area (Å²) < 4.78 is 10.8. The molecule has 1 atom stereocenters. The van der Waals surface area contributed by atoms with Crippen molar-refractivity contribution in [1.82, 2.24) is 5.32 Å². The van der Waals surface area contributed by atoms with E-state index in [4.69, 9.17) is 8.92 Å². The van der Waals surface area contributed by atoms with Crippen LogP contribution in [0.15, 0.2) is 66.9 Å². The van der Waals surface area contributed by atoms with Gasteiger partial charge in [-0.25, -0.2) is 0 Å². The molecule has 1 aromatic carbocycles. The van der Waals surface area contributed by atoms with Gasteiger partial charge in [-0.15, -0.1) is 0 Å². The van der Waals surface area contributed by atoms with Crippen LogP contribution >= 0.6 is 30.4 Å². The van der Waals surface area contributed by atoms with Crippen molar-refractivity contribution in [3.8, 4) is 5.75 Å². The first kappa shape index (κ1) is 20.8. The van der Waals surface area contributed by atoms with E-state index in [0.717, 1.165) is 16.8 Å². The van der Waals surface area contributed by atoms with Crippen molar-refractivity contribution in [1.29, 1.82) is 0 Å². The van der Waals surface area contributed by atoms with Crippen LogP contribution in [0.3, 0.4) is 0 Å². The molecule has 0 aliphatic carbocycles. The molecule has 6 heteroatoms. The van der Waals surface area contributed by atoms with E-state index >= 15 is 0 Å². The van der Waals surface area contributed by atoms with Gasteiger partial charge in [-0.05, 0) is 29.3 Å². The highest BCUT2D eigenvalue weighted by Gasteiger charge is 2.09. The van der Waals surface area contributed by atoms with Crippen LogP contribution in [0.5, 0.6) is 5.75 Å². The Labute approximate surface area is 160 Å². The summed E-state index contributed by atoms with van der Waals surface area (Å²) in [6.07, 6.45) is 7.28. The predicted octanol–water partition coefficient (Wildman–Crippen LogP) is 4.30. The Morgan fingerprint density at radius 1 is 1.29 bits per heavy atom. The maximum atomic E-state index is 9.27. The molecule has 1 aromatic rings. The Morgan fingerprint density at radius 2 is 2.00 bits per heavy atom. The minimum absolute atomic E-state index is 0.0943. The molecule has 0 radical (unpaired) electrons. The zero-order valence-corrected chi connectivity index (χ0v) is 16.5. The molecular formula is C18H22INO3S. The van der Waals surface area contributed by atoms with Gasteiger partial charge in [0.25, 0.3) is 0 Å². The highest BCUT2D eigenvalue weighted by atomic mass is 127. The lowest BCUT2D eigenvalue weighted by Gasteiger charge is -2.15. The van der Waals surface area contributed by atoms with Gasteiger partial charge >= 0.3 is 0 Å². The fraction of sp³-hybridized carbons (Fsp3) is 0.222. The van der Waals surface area contributed by atoms with E-state index in [2.05, 4.69) is 18.5 Å². The van der Waals surface area contributed by atoms with E-state index < -0.39 is 0 Å². The molecule has 0 spiro atoms. The summed E-state index contributed by atoms with van der Waals surface area (Å²) >= 11 is 2.03. The van der Waals surface area contributed by atoms with Crippen LogP contribution in [0, 0.1) is 0 Å². The highest BCUT2D eigenvalue weighted by molar-refractivity contribution is 14.2. The number of allylic oxidation sites excluding steroid dienone is 4. The fourth-order valence-corrected chi connectivity index (χ4v) is 2.27. The number of aliphatic hydroxyl groups is 1. The van der Waals surface area contributed by atoms with Gasteiger partial charge in [-0.1, -0.05) is 43.5 Å². The monoisotopic (exact) mass is 459 g/mol. The molecule has 1 unspecified atom stereocenters. The first-order chi connectivity index (χ1) is 11.6. The first-order valence-electron chi connectivity index (χ1n) is 7.28. The lowest BCUT2D eigenvalue weighted by Crippen LogP contribution is -2.25. The average Bonchev–Trinajstić information content (AvgIpc) is 2.62. The topological polar surface area (TPSA) is 50.7 Å². The van der Waals surface area contributed by atoms with Gasteiger partial charge in [0.1, 0.15) is 18.5 Å². The SMILES string of the molecule is C=C(/C=C\C(=C)NC)/C=C/c1ccc(OC(CO)COSI)cc1. The Morgan fingerprint density at radius 3 is 2.58 bits per heavy atom. The Kier molecular flexibility index (Phi) is 10.6. The van der Waals surface area contributed by atoms with Crippen LogP contribution in [-0.4, -0.2) is 31.5 Å². The van der Waals surface area contributed by atoms with E-state index in [1.807, 2.05) is 76.8 Å². The van der Waals surface area contributed by atoms with Crippen LogP contribution in [0.4, 0.5) is 0 Å². The van der Waals surface area contributed by atoms with Crippen molar-refractivity contribution in [2.24, 2.45) is 0 Å². The van der Waals surface area contributed by atoms with Crippen LogP contribution in [0.1, 0.15) is 5.56 Å². The molecule has 4 nitrogen and oxygen atoms in total. The number of rotatable bonds is 11. The van der Waals surface area contributed by atoms with Crippen LogP contribution in [0.25, 0.3) is 6.08 Å². The van der Waals surface area contributed by atoms with E-state index in [-0.39, 0.29) is 12.7 Å². The number of hydrogen-bond acceptors (Lipinski definition) is 5. The minimum Gasteiger partial charge on any atom is -0.486 e. The molecule has 0 saturated heterocycles. The summed E-state index contributed by atoms with van der Waals surface area (Å²) in [5.74, 6) is 0.692. The Balaban J connectivity index is 2.57. The third-order valence-corrected chi connectivity index (χ3v) is 3.98. The second-order valence-electron chi connectivity index (χ2n) is 4.86. The minimum atomic E-state index is -0.376. The maximum Gasteiger partial charge on any atom is 0.146 e. The van der Waals surface area contributed by atoms with Crippen molar-refractivity contribution in [2.75, 3.05) is 20.3 Å². The number of nitrogens with one attached hydrogen (secondary N) is 1. The van der Waals surface area contributed by atoms with E-state index in [1.165, 1.54) is 9.21 Å². The summed E-state index contributed by atoms with van der Waals surface area (Å²) in [4.78, 5) is 0. The number of aliphatic hydroxyl groups excluding tert-OH is 1. The smallest absolute Gasteiger partial charge is 0.146 e. The van der Waals surface area contributed by atoms with Gasteiger partial charge in [0, 0.05) is 34.0 Å². The molecule has 0 saturated carbocycles. The average molecular weight is 459 g/mol. The quantitative estimate of drug-likeness (QED) is 0.294. The third-order valence-electron chi connectivity index (χ3n) is 2.99. The number of benzene rings is 1. The molecule has 24 heavy (non-hydrogen) atoms. The molecule has 0 aromatic heterocycles. The van der Waals surface area contributed by atoms with Gasteiger partial charge in [0.2, 0.25) is 0 Å². The van der Waals surface area contributed by atoms with Gasteiger partial charge in [0.15, 0.2) is 0 Å². The second-order valence-corrected chi connectivity index (χ2v) is 6.30. The van der Waals surface area contributed by atoms with E-state index in [9.17, 15) is 5.11 Å². The van der Waals surface area contributed by atoms with Crippen LogP contribution in [0.2, 0.25) is 0 Å². The van der Waals surface area contributed by atoms with E-state index in [1.54, 1.807) is 0 Å². The highest BCUT2D eigenvalue weighted by Crippen LogP contribution is 2.17. The standard InChI is InChI=1S/C18H22INO3S/c1-14(4-6-15(2)20-3)5-7-16-8-10-17(11-9-16)23-18(12-21)13-22-24-19/h4-11,18,20-21H,1-2,12-13H2,3H3/b6-4-,7-5+. The lowest BCUT2D eigenvalue weighted by atomic mass is 10.1. The zero-order chi connectivity index (χ0) is 17.8. The van der Waals surface area contributed by atoms with E-state index in [0.29, 0.717) is 12.4 Å². The summed E-state index contributed by atoms with van der Waals surface area (Å²) in [5.41, 5.74) is 2.74. The van der Waals surface area contributed by atoms with Gasteiger partial charge in [-0.2, -0.15) is 0 Å².